The van der Waals surface area contributed by atoms with E-state index in [2.05, 4.69) is 95.8 Å². The third-order valence-corrected chi connectivity index (χ3v) is 5.45. The molecular formula is C23H27N3. The van der Waals surface area contributed by atoms with Crippen LogP contribution in [-0.2, 0) is 0 Å². The van der Waals surface area contributed by atoms with Gasteiger partial charge >= 0.3 is 0 Å². The van der Waals surface area contributed by atoms with Crippen molar-refractivity contribution in [2.45, 2.75) is 20.8 Å². The van der Waals surface area contributed by atoms with Crippen molar-refractivity contribution in [1.29, 1.82) is 0 Å². The van der Waals surface area contributed by atoms with Gasteiger partial charge in [-0.25, -0.2) is 0 Å². The molecule has 2 heterocycles. The van der Waals surface area contributed by atoms with E-state index < -0.39 is 0 Å². The molecule has 3 nitrogen and oxygen atoms in total. The van der Waals surface area contributed by atoms with E-state index in [0.717, 1.165) is 26.2 Å². The Balaban J connectivity index is 1.51. The van der Waals surface area contributed by atoms with Crippen molar-refractivity contribution in [1.82, 2.24) is 4.57 Å². The summed E-state index contributed by atoms with van der Waals surface area (Å²) < 4.78 is 2.32. The number of piperazine rings is 1. The molecule has 0 saturated carbocycles. The second-order valence-electron chi connectivity index (χ2n) is 7.23. The SMILES string of the molecule is Cc1cc(-n2c(C)ccc2C)ccc1N1CCN(c2ccccc2)CC1. The van der Waals surface area contributed by atoms with Gasteiger partial charge in [0.2, 0.25) is 0 Å². The van der Waals surface area contributed by atoms with Crippen LogP contribution in [0.2, 0.25) is 0 Å². The van der Waals surface area contributed by atoms with Crippen molar-refractivity contribution < 1.29 is 0 Å². The Bertz CT molecular complexity index is 868. The lowest BCUT2D eigenvalue weighted by Crippen LogP contribution is -2.46. The minimum Gasteiger partial charge on any atom is -0.368 e. The lowest BCUT2D eigenvalue weighted by atomic mass is 10.1. The minimum absolute atomic E-state index is 1.07. The fraction of sp³-hybridized carbons (Fsp3) is 0.304. The van der Waals surface area contributed by atoms with E-state index in [1.807, 2.05) is 0 Å². The monoisotopic (exact) mass is 345 g/mol. The second-order valence-corrected chi connectivity index (χ2v) is 7.23. The third kappa shape index (κ3) is 3.10. The summed E-state index contributed by atoms with van der Waals surface area (Å²) in [5, 5.41) is 0. The summed E-state index contributed by atoms with van der Waals surface area (Å²) in [6.45, 7) is 10.8. The van der Waals surface area contributed by atoms with Gasteiger partial charge in [0, 0.05) is 54.6 Å². The molecule has 134 valence electrons. The van der Waals surface area contributed by atoms with Crippen LogP contribution < -0.4 is 9.80 Å². The summed E-state index contributed by atoms with van der Waals surface area (Å²) >= 11 is 0. The Hall–Kier alpha value is -2.68. The van der Waals surface area contributed by atoms with E-state index in [1.54, 1.807) is 0 Å². The first-order valence-corrected chi connectivity index (χ1v) is 9.44. The zero-order chi connectivity index (χ0) is 18.1. The van der Waals surface area contributed by atoms with Crippen molar-refractivity contribution in [3.8, 4) is 5.69 Å². The summed E-state index contributed by atoms with van der Waals surface area (Å²) in [4.78, 5) is 5.00. The molecule has 3 heteroatoms. The Morgan fingerprint density at radius 2 is 1.23 bits per heavy atom. The van der Waals surface area contributed by atoms with E-state index in [4.69, 9.17) is 0 Å². The van der Waals surface area contributed by atoms with Crippen LogP contribution in [-0.4, -0.2) is 30.7 Å². The molecule has 0 atom stereocenters. The maximum atomic E-state index is 2.52. The highest BCUT2D eigenvalue weighted by molar-refractivity contribution is 5.59. The van der Waals surface area contributed by atoms with Gasteiger partial charge in [0.25, 0.3) is 0 Å². The maximum absolute atomic E-state index is 2.52. The number of nitrogens with zero attached hydrogens (tertiary/aromatic N) is 3. The highest BCUT2D eigenvalue weighted by Crippen LogP contribution is 2.27. The van der Waals surface area contributed by atoms with Crippen molar-refractivity contribution in [2.75, 3.05) is 36.0 Å². The van der Waals surface area contributed by atoms with Gasteiger partial charge in [-0.05, 0) is 68.8 Å². The highest BCUT2D eigenvalue weighted by Gasteiger charge is 2.19. The van der Waals surface area contributed by atoms with Crippen molar-refractivity contribution >= 4 is 11.4 Å². The average Bonchev–Trinajstić information content (AvgIpc) is 3.01. The summed E-state index contributed by atoms with van der Waals surface area (Å²) in [6, 6.07) is 22.0. The summed E-state index contributed by atoms with van der Waals surface area (Å²) in [7, 11) is 0. The summed E-state index contributed by atoms with van der Waals surface area (Å²) in [5.41, 5.74) is 7.87. The first-order valence-electron chi connectivity index (χ1n) is 9.44. The zero-order valence-electron chi connectivity index (χ0n) is 15.9. The Morgan fingerprint density at radius 1 is 0.615 bits per heavy atom. The van der Waals surface area contributed by atoms with E-state index in [1.165, 1.54) is 34.0 Å². The molecule has 0 N–H and O–H groups in total. The molecule has 1 aliphatic rings. The molecular weight excluding hydrogens is 318 g/mol. The molecule has 0 spiro atoms. The molecule has 2 aromatic carbocycles. The molecule has 3 aromatic rings. The van der Waals surface area contributed by atoms with E-state index >= 15 is 0 Å². The molecule has 1 aromatic heterocycles. The molecule has 1 fully saturated rings. The van der Waals surface area contributed by atoms with Gasteiger partial charge in [0.1, 0.15) is 0 Å². The Morgan fingerprint density at radius 3 is 1.85 bits per heavy atom. The predicted molar refractivity (Wildman–Crippen MR) is 111 cm³/mol. The Kier molecular flexibility index (Phi) is 4.46. The normalized spacial score (nSPS) is 14.7. The quantitative estimate of drug-likeness (QED) is 0.680. The van der Waals surface area contributed by atoms with Gasteiger partial charge in [-0.1, -0.05) is 18.2 Å². The number of hydrogen-bond acceptors (Lipinski definition) is 2. The fourth-order valence-electron chi connectivity index (χ4n) is 4.05. The van der Waals surface area contributed by atoms with E-state index in [0.29, 0.717) is 0 Å². The zero-order valence-corrected chi connectivity index (χ0v) is 15.9. The molecule has 0 radical (unpaired) electrons. The molecule has 4 rings (SSSR count). The van der Waals surface area contributed by atoms with Gasteiger partial charge in [-0.15, -0.1) is 0 Å². The molecule has 26 heavy (non-hydrogen) atoms. The first-order chi connectivity index (χ1) is 12.6. The largest absolute Gasteiger partial charge is 0.368 e. The minimum atomic E-state index is 1.07. The molecule has 0 amide bonds. The maximum Gasteiger partial charge on any atom is 0.0459 e. The van der Waals surface area contributed by atoms with Crippen LogP contribution in [0, 0.1) is 20.8 Å². The van der Waals surface area contributed by atoms with Crippen LogP contribution in [0.15, 0.2) is 60.7 Å². The van der Waals surface area contributed by atoms with Gasteiger partial charge in [-0.2, -0.15) is 0 Å². The molecule has 1 aliphatic heterocycles. The van der Waals surface area contributed by atoms with Gasteiger partial charge in [0.05, 0.1) is 0 Å². The number of hydrogen-bond donors (Lipinski definition) is 0. The third-order valence-electron chi connectivity index (χ3n) is 5.45. The lowest BCUT2D eigenvalue weighted by molar-refractivity contribution is 0.652. The summed E-state index contributed by atoms with van der Waals surface area (Å²) in [6.07, 6.45) is 0. The van der Waals surface area contributed by atoms with Crippen molar-refractivity contribution in [2.24, 2.45) is 0 Å². The molecule has 0 unspecified atom stereocenters. The number of anilines is 2. The number of rotatable bonds is 3. The van der Waals surface area contributed by atoms with Gasteiger partial charge in [0.15, 0.2) is 0 Å². The van der Waals surface area contributed by atoms with Crippen LogP contribution in [0.1, 0.15) is 17.0 Å². The number of aromatic nitrogens is 1. The highest BCUT2D eigenvalue weighted by atomic mass is 15.3. The van der Waals surface area contributed by atoms with Crippen LogP contribution >= 0.6 is 0 Å². The smallest absolute Gasteiger partial charge is 0.0459 e. The Labute approximate surface area is 156 Å². The second kappa shape index (κ2) is 6.91. The van der Waals surface area contributed by atoms with Crippen LogP contribution in [0.4, 0.5) is 11.4 Å². The van der Waals surface area contributed by atoms with Crippen molar-refractivity contribution in [3.63, 3.8) is 0 Å². The predicted octanol–water partition coefficient (Wildman–Crippen LogP) is 4.73. The van der Waals surface area contributed by atoms with E-state index in [9.17, 15) is 0 Å². The van der Waals surface area contributed by atoms with E-state index in [-0.39, 0.29) is 0 Å². The number of aryl methyl sites for hydroxylation is 3. The van der Waals surface area contributed by atoms with Gasteiger partial charge in [-0.3, -0.25) is 0 Å². The van der Waals surface area contributed by atoms with Crippen LogP contribution in [0.25, 0.3) is 5.69 Å². The fourth-order valence-corrected chi connectivity index (χ4v) is 4.05. The topological polar surface area (TPSA) is 11.4 Å². The van der Waals surface area contributed by atoms with Gasteiger partial charge < -0.3 is 14.4 Å². The lowest BCUT2D eigenvalue weighted by Gasteiger charge is -2.38. The molecule has 0 bridgehead atoms. The van der Waals surface area contributed by atoms with Crippen molar-refractivity contribution in [3.05, 3.63) is 77.6 Å². The standard InChI is InChI=1S/C23H27N3/c1-18-17-22(26-19(2)9-10-20(26)3)11-12-23(18)25-15-13-24(14-16-25)21-7-5-4-6-8-21/h4-12,17H,13-16H2,1-3H3. The van der Waals surface area contributed by atoms with Crippen LogP contribution in [0.3, 0.4) is 0 Å². The first kappa shape index (κ1) is 16.8. The average molecular weight is 345 g/mol. The molecule has 1 saturated heterocycles. The number of para-hydroxylation sites is 1. The summed E-state index contributed by atoms with van der Waals surface area (Å²) in [5.74, 6) is 0. The van der Waals surface area contributed by atoms with Crippen LogP contribution in [0.5, 0.6) is 0 Å². The molecule has 0 aliphatic carbocycles. The number of benzene rings is 2.